The van der Waals surface area contributed by atoms with Gasteiger partial charge in [-0.2, -0.15) is 5.26 Å². The number of carbonyl (C=O) groups is 1. The van der Waals surface area contributed by atoms with Gasteiger partial charge >= 0.3 is 0 Å². The van der Waals surface area contributed by atoms with Gasteiger partial charge in [-0.1, -0.05) is 29.8 Å². The molecule has 5 heteroatoms. The van der Waals surface area contributed by atoms with E-state index < -0.39 is 0 Å². The molecule has 0 atom stereocenters. The fourth-order valence-corrected chi connectivity index (χ4v) is 2.95. The van der Waals surface area contributed by atoms with Crippen LogP contribution in [0.4, 0.5) is 10.7 Å². The Balaban J connectivity index is 2.45. The molecule has 0 unspecified atom stereocenters. The lowest BCUT2D eigenvalue weighted by Gasteiger charge is -2.00. The molecule has 0 amide bonds. The number of carbonyl (C=O) groups excluding carboxylic acids is 1. The van der Waals surface area contributed by atoms with E-state index in [1.54, 1.807) is 12.1 Å². The minimum absolute atomic E-state index is 0.145. The highest BCUT2D eigenvalue weighted by Gasteiger charge is 2.21. The van der Waals surface area contributed by atoms with Crippen LogP contribution in [0.3, 0.4) is 0 Å². The minimum atomic E-state index is -0.145. The molecular formula is C15H15N3OS. The molecule has 0 aliphatic rings. The maximum absolute atomic E-state index is 12.5. The molecule has 0 aliphatic heterocycles. The Morgan fingerprint density at radius 1 is 1.40 bits per heavy atom. The fourth-order valence-electron chi connectivity index (χ4n) is 1.84. The summed E-state index contributed by atoms with van der Waals surface area (Å²) < 4.78 is 0. The number of benzene rings is 1. The first kappa shape index (κ1) is 14.1. The highest BCUT2D eigenvalue weighted by atomic mass is 32.1. The van der Waals surface area contributed by atoms with Crippen molar-refractivity contribution in [2.24, 2.45) is 0 Å². The smallest absolute Gasteiger partial charge is 0.205 e. The zero-order valence-corrected chi connectivity index (χ0v) is 12.2. The van der Waals surface area contributed by atoms with Crippen LogP contribution in [0.15, 0.2) is 24.3 Å². The number of anilines is 2. The second kappa shape index (κ2) is 5.76. The van der Waals surface area contributed by atoms with Gasteiger partial charge in [0.2, 0.25) is 5.78 Å². The lowest BCUT2D eigenvalue weighted by atomic mass is 10.1. The summed E-state index contributed by atoms with van der Waals surface area (Å²) in [5, 5.41) is 12.9. The lowest BCUT2D eigenvalue weighted by molar-refractivity contribution is 0.104. The Labute approximate surface area is 121 Å². The second-order valence-electron chi connectivity index (χ2n) is 4.39. The summed E-state index contributed by atoms with van der Waals surface area (Å²) in [5.74, 6) is -0.145. The zero-order valence-electron chi connectivity index (χ0n) is 11.4. The molecule has 2 aromatic rings. The number of nitrogens with zero attached hydrogens (tertiary/aromatic N) is 1. The normalized spacial score (nSPS) is 10.1. The number of nitrogens with one attached hydrogen (secondary N) is 1. The Bertz CT molecular complexity index is 680. The lowest BCUT2D eigenvalue weighted by Crippen LogP contribution is -2.02. The molecular weight excluding hydrogens is 270 g/mol. The molecule has 0 aliphatic carbocycles. The van der Waals surface area contributed by atoms with Crippen molar-refractivity contribution >= 4 is 27.8 Å². The Morgan fingerprint density at radius 2 is 2.05 bits per heavy atom. The molecule has 0 saturated heterocycles. The standard InChI is InChI=1S/C15H15N3OS/c1-3-18-15-11(8-16)12(17)14(20-15)13(19)10-6-4-9(2)5-7-10/h4-7,18H,3,17H2,1-2H3. The number of ketones is 1. The average molecular weight is 285 g/mol. The van der Waals surface area contributed by atoms with E-state index in [-0.39, 0.29) is 11.5 Å². The van der Waals surface area contributed by atoms with Gasteiger partial charge in [-0.25, -0.2) is 0 Å². The highest BCUT2D eigenvalue weighted by molar-refractivity contribution is 7.19. The Hall–Kier alpha value is -2.32. The van der Waals surface area contributed by atoms with Gasteiger partial charge in [0.15, 0.2) is 0 Å². The van der Waals surface area contributed by atoms with Crippen LogP contribution in [0, 0.1) is 18.3 Å². The van der Waals surface area contributed by atoms with E-state index in [0.29, 0.717) is 27.5 Å². The summed E-state index contributed by atoms with van der Waals surface area (Å²) in [6.45, 7) is 4.57. The number of rotatable bonds is 4. The van der Waals surface area contributed by atoms with Crippen LogP contribution in [0.5, 0.6) is 0 Å². The van der Waals surface area contributed by atoms with Crippen LogP contribution in [-0.4, -0.2) is 12.3 Å². The van der Waals surface area contributed by atoms with Crippen molar-refractivity contribution in [1.29, 1.82) is 5.26 Å². The van der Waals surface area contributed by atoms with Crippen LogP contribution < -0.4 is 11.1 Å². The molecule has 1 heterocycles. The van der Waals surface area contributed by atoms with Crippen molar-refractivity contribution in [3.63, 3.8) is 0 Å². The third-order valence-corrected chi connectivity index (χ3v) is 4.08. The molecule has 102 valence electrons. The predicted octanol–water partition coefficient (Wildman–Crippen LogP) is 3.17. The van der Waals surface area contributed by atoms with Gasteiger partial charge in [0.05, 0.1) is 5.69 Å². The molecule has 0 radical (unpaired) electrons. The number of thiophene rings is 1. The first-order valence-electron chi connectivity index (χ1n) is 6.26. The van der Waals surface area contributed by atoms with Gasteiger partial charge < -0.3 is 11.1 Å². The third kappa shape index (κ3) is 2.51. The monoisotopic (exact) mass is 285 g/mol. The first-order chi connectivity index (χ1) is 9.58. The van der Waals surface area contributed by atoms with Crippen LogP contribution in [0.25, 0.3) is 0 Å². The second-order valence-corrected chi connectivity index (χ2v) is 5.41. The van der Waals surface area contributed by atoms with Crippen LogP contribution in [-0.2, 0) is 0 Å². The van der Waals surface area contributed by atoms with Crippen LogP contribution in [0.2, 0.25) is 0 Å². The minimum Gasteiger partial charge on any atom is -0.396 e. The van der Waals surface area contributed by atoms with Gasteiger partial charge in [0.1, 0.15) is 21.5 Å². The van der Waals surface area contributed by atoms with Crippen molar-refractivity contribution in [2.75, 3.05) is 17.6 Å². The maximum Gasteiger partial charge on any atom is 0.205 e. The molecule has 0 spiro atoms. The van der Waals surface area contributed by atoms with Crippen molar-refractivity contribution in [2.45, 2.75) is 13.8 Å². The topological polar surface area (TPSA) is 78.9 Å². The Kier molecular flexibility index (Phi) is 4.06. The summed E-state index contributed by atoms with van der Waals surface area (Å²) in [6.07, 6.45) is 0. The van der Waals surface area contributed by atoms with Gasteiger partial charge in [0, 0.05) is 12.1 Å². The molecule has 1 aromatic carbocycles. The summed E-state index contributed by atoms with van der Waals surface area (Å²) in [6, 6.07) is 9.37. The van der Waals surface area contributed by atoms with Gasteiger partial charge in [-0.05, 0) is 13.8 Å². The van der Waals surface area contributed by atoms with E-state index in [1.165, 1.54) is 11.3 Å². The summed E-state index contributed by atoms with van der Waals surface area (Å²) in [4.78, 5) is 12.9. The third-order valence-electron chi connectivity index (χ3n) is 2.91. The predicted molar refractivity (Wildman–Crippen MR) is 82.2 cm³/mol. The van der Waals surface area contributed by atoms with E-state index >= 15 is 0 Å². The van der Waals surface area contributed by atoms with Gasteiger partial charge in [-0.3, -0.25) is 4.79 Å². The first-order valence-corrected chi connectivity index (χ1v) is 7.07. The maximum atomic E-state index is 12.5. The van der Waals surface area contributed by atoms with E-state index in [2.05, 4.69) is 11.4 Å². The van der Waals surface area contributed by atoms with Crippen molar-refractivity contribution in [3.05, 3.63) is 45.8 Å². The number of hydrogen-bond donors (Lipinski definition) is 2. The number of nitrogens with two attached hydrogens (primary N) is 1. The average Bonchev–Trinajstić information content (AvgIpc) is 2.75. The summed E-state index contributed by atoms with van der Waals surface area (Å²) in [7, 11) is 0. The summed E-state index contributed by atoms with van der Waals surface area (Å²) in [5.41, 5.74) is 8.23. The highest BCUT2D eigenvalue weighted by Crippen LogP contribution is 2.36. The quantitative estimate of drug-likeness (QED) is 0.846. The molecule has 0 bridgehead atoms. The van der Waals surface area contributed by atoms with Gasteiger partial charge in [-0.15, -0.1) is 11.3 Å². The van der Waals surface area contributed by atoms with Crippen LogP contribution in [0.1, 0.15) is 33.3 Å². The van der Waals surface area contributed by atoms with Crippen molar-refractivity contribution in [3.8, 4) is 6.07 Å². The molecule has 20 heavy (non-hydrogen) atoms. The van der Waals surface area contributed by atoms with E-state index in [4.69, 9.17) is 11.0 Å². The number of hydrogen-bond acceptors (Lipinski definition) is 5. The summed E-state index contributed by atoms with van der Waals surface area (Å²) >= 11 is 1.23. The Morgan fingerprint density at radius 3 is 2.60 bits per heavy atom. The van der Waals surface area contributed by atoms with Crippen LogP contribution >= 0.6 is 11.3 Å². The largest absolute Gasteiger partial charge is 0.396 e. The van der Waals surface area contributed by atoms with E-state index in [9.17, 15) is 4.79 Å². The van der Waals surface area contributed by atoms with Crippen molar-refractivity contribution in [1.82, 2.24) is 0 Å². The molecule has 0 saturated carbocycles. The number of nitriles is 1. The molecule has 2 rings (SSSR count). The van der Waals surface area contributed by atoms with Gasteiger partial charge in [0.25, 0.3) is 0 Å². The van der Waals surface area contributed by atoms with E-state index in [1.807, 2.05) is 26.0 Å². The SMILES string of the molecule is CCNc1sc(C(=O)c2ccc(C)cc2)c(N)c1C#N. The number of aryl methyl sites for hydroxylation is 1. The molecule has 4 nitrogen and oxygen atoms in total. The fraction of sp³-hybridized carbons (Fsp3) is 0.200. The number of nitrogen functional groups attached to an aromatic ring is 1. The zero-order chi connectivity index (χ0) is 14.7. The molecule has 0 fully saturated rings. The molecule has 3 N–H and O–H groups in total. The van der Waals surface area contributed by atoms with E-state index in [0.717, 1.165) is 5.56 Å². The van der Waals surface area contributed by atoms with Crippen molar-refractivity contribution < 1.29 is 4.79 Å². The molecule has 1 aromatic heterocycles.